The fourth-order valence-electron chi connectivity index (χ4n) is 1.87. The fourth-order valence-corrected chi connectivity index (χ4v) is 1.87. The zero-order valence-electron chi connectivity index (χ0n) is 11.4. The molecule has 2 aromatic rings. The van der Waals surface area contributed by atoms with Crippen LogP contribution in [0.4, 0.5) is 8.78 Å². The number of hydrogen-bond donors (Lipinski definition) is 0. The van der Waals surface area contributed by atoms with Crippen molar-refractivity contribution in [1.82, 2.24) is 9.78 Å². The number of benzene rings is 1. The SMILES string of the molecule is CCn1nccc1C(=O)/C=C/c1ccccc1OC(F)F. The average molecular weight is 292 g/mol. The summed E-state index contributed by atoms with van der Waals surface area (Å²) in [5.74, 6) is -0.221. The summed E-state index contributed by atoms with van der Waals surface area (Å²) < 4.78 is 30.6. The van der Waals surface area contributed by atoms with Crippen LogP contribution in [-0.4, -0.2) is 22.2 Å². The van der Waals surface area contributed by atoms with Crippen LogP contribution in [0, 0.1) is 0 Å². The van der Waals surface area contributed by atoms with Crippen molar-refractivity contribution >= 4 is 11.9 Å². The minimum Gasteiger partial charge on any atom is -0.434 e. The van der Waals surface area contributed by atoms with E-state index in [0.29, 0.717) is 17.8 Å². The van der Waals surface area contributed by atoms with Crippen LogP contribution in [-0.2, 0) is 6.54 Å². The van der Waals surface area contributed by atoms with Gasteiger partial charge in [0.2, 0.25) is 5.78 Å². The van der Waals surface area contributed by atoms with Crippen molar-refractivity contribution in [2.75, 3.05) is 0 Å². The molecule has 4 nitrogen and oxygen atoms in total. The minimum atomic E-state index is -2.91. The molecule has 1 heterocycles. The average Bonchev–Trinajstić information content (AvgIpc) is 2.94. The van der Waals surface area contributed by atoms with Crippen molar-refractivity contribution in [3.8, 4) is 5.75 Å². The molecule has 0 saturated carbocycles. The van der Waals surface area contributed by atoms with E-state index in [2.05, 4.69) is 9.84 Å². The van der Waals surface area contributed by atoms with E-state index in [1.807, 2.05) is 6.92 Å². The van der Waals surface area contributed by atoms with Crippen molar-refractivity contribution in [2.24, 2.45) is 0 Å². The van der Waals surface area contributed by atoms with E-state index >= 15 is 0 Å². The summed E-state index contributed by atoms with van der Waals surface area (Å²) in [5, 5.41) is 4.01. The van der Waals surface area contributed by atoms with Gasteiger partial charge in [-0.3, -0.25) is 9.48 Å². The quantitative estimate of drug-likeness (QED) is 0.605. The largest absolute Gasteiger partial charge is 0.434 e. The van der Waals surface area contributed by atoms with Crippen molar-refractivity contribution in [1.29, 1.82) is 0 Å². The molecule has 0 bridgehead atoms. The van der Waals surface area contributed by atoms with Crippen LogP contribution in [0.1, 0.15) is 23.0 Å². The Hall–Kier alpha value is -2.50. The molecule has 0 aliphatic carbocycles. The smallest absolute Gasteiger partial charge is 0.387 e. The number of nitrogens with zero attached hydrogens (tertiary/aromatic N) is 2. The van der Waals surface area contributed by atoms with E-state index < -0.39 is 6.61 Å². The number of para-hydroxylation sites is 1. The highest BCUT2D eigenvalue weighted by Gasteiger charge is 2.10. The molecular weight excluding hydrogens is 278 g/mol. The first-order valence-corrected chi connectivity index (χ1v) is 6.40. The molecule has 0 spiro atoms. The molecule has 2 rings (SSSR count). The topological polar surface area (TPSA) is 44.1 Å². The predicted molar refractivity (Wildman–Crippen MR) is 74.3 cm³/mol. The zero-order valence-corrected chi connectivity index (χ0v) is 11.4. The van der Waals surface area contributed by atoms with Gasteiger partial charge in [0, 0.05) is 18.3 Å². The highest BCUT2D eigenvalue weighted by molar-refractivity contribution is 6.05. The summed E-state index contributed by atoms with van der Waals surface area (Å²) in [4.78, 5) is 12.1. The van der Waals surface area contributed by atoms with Crippen LogP contribution in [0.5, 0.6) is 5.75 Å². The Balaban J connectivity index is 2.20. The second kappa shape index (κ2) is 6.78. The maximum atomic E-state index is 12.3. The van der Waals surface area contributed by atoms with Crippen LogP contribution < -0.4 is 4.74 Å². The van der Waals surface area contributed by atoms with Crippen LogP contribution in [0.3, 0.4) is 0 Å². The summed E-state index contributed by atoms with van der Waals surface area (Å²) in [6.07, 6.45) is 4.31. The van der Waals surface area contributed by atoms with Crippen LogP contribution >= 0.6 is 0 Å². The van der Waals surface area contributed by atoms with Gasteiger partial charge in [-0.15, -0.1) is 0 Å². The Bertz CT molecular complexity index is 651. The lowest BCUT2D eigenvalue weighted by Gasteiger charge is -2.07. The lowest BCUT2D eigenvalue weighted by atomic mass is 10.1. The molecule has 1 aromatic carbocycles. The zero-order chi connectivity index (χ0) is 15.2. The summed E-state index contributed by atoms with van der Waals surface area (Å²) in [7, 11) is 0. The lowest BCUT2D eigenvalue weighted by molar-refractivity contribution is -0.0499. The third kappa shape index (κ3) is 3.75. The number of allylic oxidation sites excluding steroid dienone is 1. The van der Waals surface area contributed by atoms with E-state index in [4.69, 9.17) is 0 Å². The number of aryl methyl sites for hydroxylation is 1. The van der Waals surface area contributed by atoms with Gasteiger partial charge in [-0.1, -0.05) is 18.2 Å². The number of aromatic nitrogens is 2. The molecule has 21 heavy (non-hydrogen) atoms. The molecule has 0 aliphatic rings. The summed E-state index contributed by atoms with van der Waals surface area (Å²) >= 11 is 0. The molecule has 1 aromatic heterocycles. The lowest BCUT2D eigenvalue weighted by Crippen LogP contribution is -2.07. The predicted octanol–water partition coefficient (Wildman–Crippen LogP) is 3.40. The number of halogens is 2. The van der Waals surface area contributed by atoms with Gasteiger partial charge in [0.25, 0.3) is 0 Å². The number of rotatable bonds is 6. The van der Waals surface area contributed by atoms with E-state index in [0.717, 1.165) is 0 Å². The van der Waals surface area contributed by atoms with Gasteiger partial charge in [-0.05, 0) is 31.2 Å². The van der Waals surface area contributed by atoms with Gasteiger partial charge in [0.15, 0.2) is 0 Å². The molecule has 0 saturated heterocycles. The standard InChI is InChI=1S/C15H14F2N2O2/c1-2-19-12(9-10-18-19)13(20)8-7-11-5-3-4-6-14(11)21-15(16)17/h3-10,15H,2H2,1H3/b8-7+. The highest BCUT2D eigenvalue weighted by atomic mass is 19.3. The van der Waals surface area contributed by atoms with Crippen molar-refractivity contribution < 1.29 is 18.3 Å². The van der Waals surface area contributed by atoms with Crippen molar-refractivity contribution in [2.45, 2.75) is 20.1 Å². The van der Waals surface area contributed by atoms with Crippen molar-refractivity contribution in [3.63, 3.8) is 0 Å². The van der Waals surface area contributed by atoms with E-state index in [1.54, 1.807) is 35.1 Å². The molecule has 0 aliphatic heterocycles. The maximum absolute atomic E-state index is 12.3. The Morgan fingerprint density at radius 1 is 1.38 bits per heavy atom. The summed E-state index contributed by atoms with van der Waals surface area (Å²) in [5.41, 5.74) is 0.856. The number of carbonyl (C=O) groups excluding carboxylic acids is 1. The third-order valence-corrected chi connectivity index (χ3v) is 2.82. The summed E-state index contributed by atoms with van der Waals surface area (Å²) in [6.45, 7) is -0.455. The number of ketones is 1. The van der Waals surface area contributed by atoms with Gasteiger partial charge in [0.1, 0.15) is 11.4 Å². The Morgan fingerprint density at radius 3 is 2.86 bits per heavy atom. The number of alkyl halides is 2. The van der Waals surface area contributed by atoms with Gasteiger partial charge < -0.3 is 4.74 Å². The first-order chi connectivity index (χ1) is 10.1. The second-order valence-electron chi connectivity index (χ2n) is 4.15. The monoisotopic (exact) mass is 292 g/mol. The van der Waals surface area contributed by atoms with Crippen LogP contribution in [0.25, 0.3) is 6.08 Å². The highest BCUT2D eigenvalue weighted by Crippen LogP contribution is 2.21. The van der Waals surface area contributed by atoms with E-state index in [1.165, 1.54) is 18.2 Å². The Labute approximate surface area is 120 Å². The van der Waals surface area contributed by atoms with Gasteiger partial charge in [-0.25, -0.2) is 0 Å². The minimum absolute atomic E-state index is 0.0283. The molecule has 0 atom stereocenters. The van der Waals surface area contributed by atoms with Gasteiger partial charge in [0.05, 0.1) is 0 Å². The first kappa shape index (κ1) is 14.9. The fraction of sp³-hybridized carbons (Fsp3) is 0.200. The second-order valence-corrected chi connectivity index (χ2v) is 4.15. The molecular formula is C15H14F2N2O2. The van der Waals surface area contributed by atoms with E-state index in [9.17, 15) is 13.6 Å². The normalized spacial score (nSPS) is 11.2. The Kier molecular flexibility index (Phi) is 4.81. The van der Waals surface area contributed by atoms with Gasteiger partial charge in [-0.2, -0.15) is 13.9 Å². The molecule has 0 fully saturated rings. The molecule has 110 valence electrons. The first-order valence-electron chi connectivity index (χ1n) is 6.40. The number of ether oxygens (including phenoxy) is 1. The van der Waals surface area contributed by atoms with E-state index in [-0.39, 0.29) is 11.5 Å². The molecule has 0 radical (unpaired) electrons. The molecule has 0 N–H and O–H groups in total. The molecule has 0 unspecified atom stereocenters. The number of hydrogen-bond acceptors (Lipinski definition) is 3. The molecule has 0 amide bonds. The van der Waals surface area contributed by atoms with Crippen molar-refractivity contribution in [3.05, 3.63) is 53.9 Å². The number of carbonyl (C=O) groups is 1. The summed E-state index contributed by atoms with van der Waals surface area (Å²) in [6, 6.07) is 7.89. The Morgan fingerprint density at radius 2 is 2.14 bits per heavy atom. The van der Waals surface area contributed by atoms with Crippen LogP contribution in [0.2, 0.25) is 0 Å². The third-order valence-electron chi connectivity index (χ3n) is 2.82. The van der Waals surface area contributed by atoms with Gasteiger partial charge >= 0.3 is 6.61 Å². The van der Waals surface area contributed by atoms with Crippen LogP contribution in [0.15, 0.2) is 42.6 Å². The molecule has 6 heteroatoms. The maximum Gasteiger partial charge on any atom is 0.387 e.